The molecule has 1 aromatic heterocycles. The number of aromatic nitrogens is 2. The SMILES string of the molecule is NC1(Cc2nc(C3CCCC3)no2)CCC1. The van der Waals surface area contributed by atoms with Crippen molar-refractivity contribution in [3.8, 4) is 0 Å². The lowest BCUT2D eigenvalue weighted by molar-refractivity contribution is 0.221. The van der Waals surface area contributed by atoms with Gasteiger partial charge < -0.3 is 10.3 Å². The number of hydrogen-bond donors (Lipinski definition) is 1. The third kappa shape index (κ3) is 1.86. The Morgan fingerprint density at radius 2 is 2.00 bits per heavy atom. The summed E-state index contributed by atoms with van der Waals surface area (Å²) >= 11 is 0. The molecule has 3 rings (SSSR count). The third-order valence-electron chi connectivity index (χ3n) is 4.06. The van der Waals surface area contributed by atoms with Gasteiger partial charge in [0.05, 0.1) is 0 Å². The lowest BCUT2D eigenvalue weighted by atomic mass is 9.75. The molecule has 0 atom stereocenters. The van der Waals surface area contributed by atoms with Crippen LogP contribution in [0.1, 0.15) is 62.6 Å². The number of nitrogens with two attached hydrogens (primary N) is 1. The first kappa shape index (κ1) is 10.3. The Bertz CT molecular complexity index is 364. The summed E-state index contributed by atoms with van der Waals surface area (Å²) in [5.74, 6) is 2.19. The van der Waals surface area contributed by atoms with Gasteiger partial charge >= 0.3 is 0 Å². The van der Waals surface area contributed by atoms with Gasteiger partial charge in [-0.15, -0.1) is 0 Å². The number of nitrogens with zero attached hydrogens (tertiary/aromatic N) is 2. The summed E-state index contributed by atoms with van der Waals surface area (Å²) < 4.78 is 5.31. The molecule has 0 bridgehead atoms. The van der Waals surface area contributed by atoms with Crippen molar-refractivity contribution >= 4 is 0 Å². The smallest absolute Gasteiger partial charge is 0.228 e. The summed E-state index contributed by atoms with van der Waals surface area (Å²) in [6.07, 6.45) is 9.21. The first-order valence-electron chi connectivity index (χ1n) is 6.37. The van der Waals surface area contributed by atoms with Crippen LogP contribution in [0.5, 0.6) is 0 Å². The summed E-state index contributed by atoms with van der Waals surface area (Å²) in [4.78, 5) is 4.50. The molecule has 2 fully saturated rings. The highest BCUT2D eigenvalue weighted by Crippen LogP contribution is 2.34. The Kier molecular flexibility index (Phi) is 2.46. The monoisotopic (exact) mass is 221 g/mol. The first-order chi connectivity index (χ1) is 7.75. The molecule has 0 radical (unpaired) electrons. The van der Waals surface area contributed by atoms with Gasteiger partial charge in [0, 0.05) is 17.9 Å². The molecule has 4 heteroatoms. The van der Waals surface area contributed by atoms with E-state index in [9.17, 15) is 0 Å². The molecule has 0 saturated heterocycles. The predicted molar refractivity (Wildman–Crippen MR) is 60.0 cm³/mol. The topological polar surface area (TPSA) is 64.9 Å². The molecule has 4 nitrogen and oxygen atoms in total. The highest BCUT2D eigenvalue weighted by atomic mass is 16.5. The van der Waals surface area contributed by atoms with Crippen LogP contribution in [-0.2, 0) is 6.42 Å². The van der Waals surface area contributed by atoms with Crippen LogP contribution >= 0.6 is 0 Å². The van der Waals surface area contributed by atoms with E-state index in [-0.39, 0.29) is 5.54 Å². The van der Waals surface area contributed by atoms with Crippen molar-refractivity contribution in [2.75, 3.05) is 0 Å². The van der Waals surface area contributed by atoms with Gasteiger partial charge in [0.2, 0.25) is 5.89 Å². The van der Waals surface area contributed by atoms with Gasteiger partial charge in [-0.05, 0) is 32.1 Å². The van der Waals surface area contributed by atoms with Gasteiger partial charge in [-0.3, -0.25) is 0 Å². The molecule has 16 heavy (non-hydrogen) atoms. The molecule has 2 aliphatic rings. The molecule has 0 aromatic carbocycles. The van der Waals surface area contributed by atoms with Crippen molar-refractivity contribution in [1.82, 2.24) is 10.1 Å². The zero-order chi connectivity index (χ0) is 11.0. The van der Waals surface area contributed by atoms with E-state index >= 15 is 0 Å². The van der Waals surface area contributed by atoms with E-state index in [4.69, 9.17) is 10.3 Å². The molecule has 2 saturated carbocycles. The molecule has 1 heterocycles. The van der Waals surface area contributed by atoms with E-state index in [1.165, 1.54) is 32.1 Å². The summed E-state index contributed by atoms with van der Waals surface area (Å²) in [5.41, 5.74) is 6.11. The molecule has 88 valence electrons. The zero-order valence-corrected chi connectivity index (χ0v) is 9.61. The van der Waals surface area contributed by atoms with Gasteiger partial charge in [-0.2, -0.15) is 4.98 Å². The third-order valence-corrected chi connectivity index (χ3v) is 4.06. The largest absolute Gasteiger partial charge is 0.339 e. The van der Waals surface area contributed by atoms with Gasteiger partial charge in [0.1, 0.15) is 0 Å². The highest BCUT2D eigenvalue weighted by Gasteiger charge is 2.35. The van der Waals surface area contributed by atoms with Crippen molar-refractivity contribution in [2.24, 2.45) is 5.73 Å². The normalized spacial score (nSPS) is 24.6. The highest BCUT2D eigenvalue weighted by molar-refractivity contribution is 5.03. The standard InChI is InChI=1S/C12H19N3O/c13-12(6-3-7-12)8-10-14-11(15-16-10)9-4-1-2-5-9/h9H,1-8,13H2. The fourth-order valence-electron chi connectivity index (χ4n) is 2.80. The van der Waals surface area contributed by atoms with Crippen molar-refractivity contribution in [3.63, 3.8) is 0 Å². The van der Waals surface area contributed by atoms with Crippen molar-refractivity contribution in [1.29, 1.82) is 0 Å². The van der Waals surface area contributed by atoms with Crippen molar-refractivity contribution in [2.45, 2.75) is 62.8 Å². The second-order valence-corrected chi connectivity index (χ2v) is 5.42. The van der Waals surface area contributed by atoms with E-state index in [0.717, 1.165) is 31.0 Å². The van der Waals surface area contributed by atoms with Crippen LogP contribution in [0.2, 0.25) is 0 Å². The Morgan fingerprint density at radius 3 is 2.62 bits per heavy atom. The fourth-order valence-corrected chi connectivity index (χ4v) is 2.80. The average molecular weight is 221 g/mol. The molecular formula is C12H19N3O. The minimum atomic E-state index is -0.0561. The minimum absolute atomic E-state index is 0.0561. The summed E-state index contributed by atoms with van der Waals surface area (Å²) in [6.45, 7) is 0. The van der Waals surface area contributed by atoms with Gasteiger partial charge in [0.25, 0.3) is 0 Å². The maximum absolute atomic E-state index is 6.17. The van der Waals surface area contributed by atoms with Gasteiger partial charge in [-0.25, -0.2) is 0 Å². The molecule has 2 aliphatic carbocycles. The second-order valence-electron chi connectivity index (χ2n) is 5.42. The molecule has 0 aliphatic heterocycles. The molecule has 1 aromatic rings. The first-order valence-corrected chi connectivity index (χ1v) is 6.37. The second kappa shape index (κ2) is 3.84. The molecule has 2 N–H and O–H groups in total. The van der Waals surface area contributed by atoms with Crippen LogP contribution in [0, 0.1) is 0 Å². The Balaban J connectivity index is 1.67. The Morgan fingerprint density at radius 1 is 1.25 bits per heavy atom. The minimum Gasteiger partial charge on any atom is -0.339 e. The lowest BCUT2D eigenvalue weighted by Crippen LogP contribution is -2.48. The Labute approximate surface area is 95.6 Å². The molecule has 0 spiro atoms. The summed E-state index contributed by atoms with van der Waals surface area (Å²) in [7, 11) is 0. The quantitative estimate of drug-likeness (QED) is 0.849. The van der Waals surface area contributed by atoms with Crippen LogP contribution in [0.4, 0.5) is 0 Å². The molecule has 0 amide bonds. The van der Waals surface area contributed by atoms with Gasteiger partial charge in [0.15, 0.2) is 5.82 Å². The fraction of sp³-hybridized carbons (Fsp3) is 0.833. The summed E-state index contributed by atoms with van der Waals surface area (Å²) in [5, 5.41) is 4.10. The van der Waals surface area contributed by atoms with E-state index in [0.29, 0.717) is 5.92 Å². The van der Waals surface area contributed by atoms with E-state index in [1.54, 1.807) is 0 Å². The van der Waals surface area contributed by atoms with Crippen LogP contribution in [0.3, 0.4) is 0 Å². The zero-order valence-electron chi connectivity index (χ0n) is 9.61. The van der Waals surface area contributed by atoms with Crippen molar-refractivity contribution < 1.29 is 4.52 Å². The van der Waals surface area contributed by atoms with Crippen LogP contribution in [0.25, 0.3) is 0 Å². The van der Waals surface area contributed by atoms with E-state index in [1.807, 2.05) is 0 Å². The van der Waals surface area contributed by atoms with E-state index < -0.39 is 0 Å². The molecular weight excluding hydrogens is 202 g/mol. The lowest BCUT2D eigenvalue weighted by Gasteiger charge is -2.36. The Hall–Kier alpha value is -0.900. The van der Waals surface area contributed by atoms with E-state index in [2.05, 4.69) is 10.1 Å². The van der Waals surface area contributed by atoms with Gasteiger partial charge in [-0.1, -0.05) is 18.0 Å². The number of hydrogen-bond acceptors (Lipinski definition) is 4. The number of rotatable bonds is 3. The van der Waals surface area contributed by atoms with Crippen molar-refractivity contribution in [3.05, 3.63) is 11.7 Å². The van der Waals surface area contributed by atoms with Crippen LogP contribution < -0.4 is 5.73 Å². The summed E-state index contributed by atoms with van der Waals surface area (Å²) in [6, 6.07) is 0. The maximum atomic E-state index is 6.17. The predicted octanol–water partition coefficient (Wildman–Crippen LogP) is 2.15. The average Bonchev–Trinajstić information content (AvgIpc) is 2.83. The molecule has 0 unspecified atom stereocenters. The maximum Gasteiger partial charge on any atom is 0.228 e. The van der Waals surface area contributed by atoms with Crippen LogP contribution in [0.15, 0.2) is 4.52 Å². The van der Waals surface area contributed by atoms with Crippen LogP contribution in [-0.4, -0.2) is 15.7 Å².